The molecule has 0 atom stereocenters. The quantitative estimate of drug-likeness (QED) is 0.571. The van der Waals surface area contributed by atoms with E-state index in [2.05, 4.69) is 15.2 Å². The van der Waals surface area contributed by atoms with Gasteiger partial charge < -0.3 is 5.73 Å². The van der Waals surface area contributed by atoms with Crippen LogP contribution in [0.3, 0.4) is 0 Å². The highest BCUT2D eigenvalue weighted by molar-refractivity contribution is 7.99. The lowest BCUT2D eigenvalue weighted by molar-refractivity contribution is 0.917. The van der Waals surface area contributed by atoms with Gasteiger partial charge in [0.1, 0.15) is 10.9 Å². The number of rotatable bonds is 3. The standard InChI is InChI=1S/C12H9ClN6S/c13-9-7(10(14)15)4-5-16-11(9)20-12-18-17-8-3-1-2-6-19(8)12/h1-6H,(H3,14,15). The van der Waals surface area contributed by atoms with Crippen LogP contribution in [-0.2, 0) is 0 Å². The molecule has 20 heavy (non-hydrogen) atoms. The third-order valence-corrected chi connectivity index (χ3v) is 4.08. The van der Waals surface area contributed by atoms with Crippen molar-refractivity contribution >= 4 is 34.8 Å². The van der Waals surface area contributed by atoms with Crippen LogP contribution < -0.4 is 5.73 Å². The number of halogens is 1. The number of nitrogens with zero attached hydrogens (tertiary/aromatic N) is 4. The monoisotopic (exact) mass is 304 g/mol. The van der Waals surface area contributed by atoms with Crippen molar-refractivity contribution in [1.29, 1.82) is 5.41 Å². The van der Waals surface area contributed by atoms with E-state index in [1.165, 1.54) is 11.8 Å². The molecule has 0 aliphatic rings. The lowest BCUT2D eigenvalue weighted by atomic mass is 10.2. The van der Waals surface area contributed by atoms with Gasteiger partial charge in [-0.3, -0.25) is 9.81 Å². The first-order chi connectivity index (χ1) is 9.66. The van der Waals surface area contributed by atoms with Crippen molar-refractivity contribution in [2.24, 2.45) is 5.73 Å². The fraction of sp³-hybridized carbons (Fsp3) is 0. The van der Waals surface area contributed by atoms with Crippen LogP contribution in [0.2, 0.25) is 5.02 Å². The predicted molar refractivity (Wildman–Crippen MR) is 77.4 cm³/mol. The minimum atomic E-state index is -0.0923. The number of amidine groups is 1. The van der Waals surface area contributed by atoms with Crippen LogP contribution in [0.15, 0.2) is 46.8 Å². The summed E-state index contributed by atoms with van der Waals surface area (Å²) in [6.45, 7) is 0. The van der Waals surface area contributed by atoms with Crippen molar-refractivity contribution < 1.29 is 0 Å². The van der Waals surface area contributed by atoms with Crippen molar-refractivity contribution in [3.63, 3.8) is 0 Å². The maximum absolute atomic E-state index is 7.48. The summed E-state index contributed by atoms with van der Waals surface area (Å²) in [5.41, 5.74) is 6.68. The number of nitrogens with one attached hydrogen (secondary N) is 1. The molecule has 0 radical (unpaired) electrons. The van der Waals surface area contributed by atoms with Crippen molar-refractivity contribution in [2.75, 3.05) is 0 Å². The summed E-state index contributed by atoms with van der Waals surface area (Å²) >= 11 is 7.49. The smallest absolute Gasteiger partial charge is 0.201 e. The number of aromatic nitrogens is 4. The van der Waals surface area contributed by atoms with Gasteiger partial charge >= 0.3 is 0 Å². The molecule has 0 aromatic carbocycles. The first-order valence-electron chi connectivity index (χ1n) is 5.63. The lowest BCUT2D eigenvalue weighted by Crippen LogP contribution is -2.12. The Hall–Kier alpha value is -2.12. The summed E-state index contributed by atoms with van der Waals surface area (Å²) in [6, 6.07) is 7.25. The number of fused-ring (bicyclic) bond motifs is 1. The molecular weight excluding hydrogens is 296 g/mol. The van der Waals surface area contributed by atoms with Crippen LogP contribution in [0.5, 0.6) is 0 Å². The maximum atomic E-state index is 7.48. The summed E-state index contributed by atoms with van der Waals surface area (Å²) < 4.78 is 1.84. The molecule has 0 bridgehead atoms. The fourth-order valence-electron chi connectivity index (χ4n) is 1.68. The molecular formula is C12H9ClN6S. The Labute approximate surface area is 123 Å². The molecule has 3 rings (SSSR count). The van der Waals surface area contributed by atoms with Gasteiger partial charge in [0.2, 0.25) is 5.16 Å². The number of pyridine rings is 2. The molecule has 0 aliphatic carbocycles. The zero-order valence-corrected chi connectivity index (χ0v) is 11.7. The van der Waals surface area contributed by atoms with Gasteiger partial charge in [0.15, 0.2) is 5.65 Å². The maximum Gasteiger partial charge on any atom is 0.201 e. The molecule has 8 heteroatoms. The summed E-state index contributed by atoms with van der Waals surface area (Å²) in [6.07, 6.45) is 3.43. The molecule has 0 aliphatic heterocycles. The minimum absolute atomic E-state index is 0.0923. The van der Waals surface area contributed by atoms with Crippen molar-refractivity contribution in [2.45, 2.75) is 10.2 Å². The van der Waals surface area contributed by atoms with Crippen LogP contribution in [0.25, 0.3) is 5.65 Å². The number of nitrogen functional groups attached to an aromatic ring is 1. The van der Waals surface area contributed by atoms with Crippen LogP contribution in [-0.4, -0.2) is 25.4 Å². The molecule has 100 valence electrons. The highest BCUT2D eigenvalue weighted by Crippen LogP contribution is 2.32. The Balaban J connectivity index is 2.03. The topological polar surface area (TPSA) is 93.0 Å². The molecule has 3 heterocycles. The lowest BCUT2D eigenvalue weighted by Gasteiger charge is -2.05. The second kappa shape index (κ2) is 5.10. The Morgan fingerprint density at radius 2 is 2.15 bits per heavy atom. The Kier molecular flexibility index (Phi) is 3.29. The molecule has 0 saturated heterocycles. The van der Waals surface area contributed by atoms with E-state index in [4.69, 9.17) is 22.7 Å². The third-order valence-electron chi connectivity index (χ3n) is 2.62. The first-order valence-corrected chi connectivity index (χ1v) is 6.83. The minimum Gasteiger partial charge on any atom is -0.384 e. The summed E-state index contributed by atoms with van der Waals surface area (Å²) in [4.78, 5) is 4.20. The highest BCUT2D eigenvalue weighted by atomic mass is 35.5. The SMILES string of the molecule is N=C(N)c1ccnc(Sc2nnc3ccccn23)c1Cl. The van der Waals surface area contributed by atoms with Crippen molar-refractivity contribution in [3.8, 4) is 0 Å². The van der Waals surface area contributed by atoms with E-state index in [1.807, 2.05) is 28.8 Å². The Morgan fingerprint density at radius 1 is 1.30 bits per heavy atom. The average molecular weight is 305 g/mol. The largest absolute Gasteiger partial charge is 0.384 e. The predicted octanol–water partition coefficient (Wildman–Crippen LogP) is 2.21. The second-order valence-corrected chi connectivity index (χ2v) is 5.24. The molecule has 6 nitrogen and oxygen atoms in total. The zero-order valence-electron chi connectivity index (χ0n) is 10.1. The van der Waals surface area contributed by atoms with E-state index >= 15 is 0 Å². The Morgan fingerprint density at radius 3 is 2.95 bits per heavy atom. The number of hydrogen-bond donors (Lipinski definition) is 2. The molecule has 0 spiro atoms. The van der Waals surface area contributed by atoms with Gasteiger partial charge in [-0.1, -0.05) is 17.7 Å². The molecule has 0 fully saturated rings. The van der Waals surface area contributed by atoms with Gasteiger partial charge in [0, 0.05) is 18.0 Å². The molecule has 0 amide bonds. The van der Waals surface area contributed by atoms with E-state index < -0.39 is 0 Å². The van der Waals surface area contributed by atoms with E-state index in [9.17, 15) is 0 Å². The van der Waals surface area contributed by atoms with E-state index in [-0.39, 0.29) is 5.84 Å². The van der Waals surface area contributed by atoms with Crippen molar-refractivity contribution in [3.05, 3.63) is 47.2 Å². The molecule has 0 saturated carbocycles. The fourth-order valence-corrected chi connectivity index (χ4v) is 2.83. The van der Waals surface area contributed by atoms with Gasteiger partial charge in [0.25, 0.3) is 0 Å². The van der Waals surface area contributed by atoms with Crippen molar-refractivity contribution in [1.82, 2.24) is 19.6 Å². The second-order valence-electron chi connectivity index (χ2n) is 3.90. The van der Waals surface area contributed by atoms with E-state index in [1.54, 1.807) is 12.3 Å². The highest BCUT2D eigenvalue weighted by Gasteiger charge is 2.14. The van der Waals surface area contributed by atoms with Gasteiger partial charge in [0.05, 0.1) is 5.02 Å². The number of nitrogens with two attached hydrogens (primary N) is 1. The summed E-state index contributed by atoms with van der Waals surface area (Å²) in [5.74, 6) is -0.0923. The number of hydrogen-bond acceptors (Lipinski definition) is 5. The Bertz CT molecular complexity index is 799. The third kappa shape index (κ3) is 2.21. The first kappa shape index (κ1) is 12.9. The molecule has 0 unspecified atom stereocenters. The van der Waals surface area contributed by atoms with Gasteiger partial charge in [-0.15, -0.1) is 10.2 Å². The summed E-state index contributed by atoms with van der Waals surface area (Å²) in [7, 11) is 0. The van der Waals surface area contributed by atoms with Crippen LogP contribution in [0, 0.1) is 5.41 Å². The summed E-state index contributed by atoms with van der Waals surface area (Å²) in [5, 5.41) is 17.2. The van der Waals surface area contributed by atoms with Crippen LogP contribution in [0.1, 0.15) is 5.56 Å². The van der Waals surface area contributed by atoms with Crippen LogP contribution in [0.4, 0.5) is 0 Å². The van der Waals surface area contributed by atoms with Gasteiger partial charge in [-0.05, 0) is 30.0 Å². The van der Waals surface area contributed by atoms with E-state index in [0.717, 1.165) is 5.65 Å². The average Bonchev–Trinajstić information content (AvgIpc) is 2.84. The molecule has 3 aromatic rings. The van der Waals surface area contributed by atoms with Gasteiger partial charge in [-0.25, -0.2) is 4.98 Å². The molecule has 3 aromatic heterocycles. The zero-order chi connectivity index (χ0) is 14.1. The van der Waals surface area contributed by atoms with E-state index in [0.29, 0.717) is 20.8 Å². The molecule has 3 N–H and O–H groups in total. The van der Waals surface area contributed by atoms with Gasteiger partial charge in [-0.2, -0.15) is 0 Å². The van der Waals surface area contributed by atoms with Crippen LogP contribution >= 0.6 is 23.4 Å². The normalized spacial score (nSPS) is 10.8.